The van der Waals surface area contributed by atoms with Gasteiger partial charge in [-0.3, -0.25) is 0 Å². The molecular formula is C13H17BrO2S. The molecule has 0 fully saturated rings. The lowest BCUT2D eigenvalue weighted by molar-refractivity contribution is 0.0501. The molecule has 1 rings (SSSR count). The summed E-state index contributed by atoms with van der Waals surface area (Å²) in [6.07, 6.45) is 1.93. The molecule has 0 aromatic heterocycles. The van der Waals surface area contributed by atoms with E-state index in [-0.39, 0.29) is 5.97 Å². The van der Waals surface area contributed by atoms with Crippen molar-refractivity contribution in [2.24, 2.45) is 0 Å². The lowest BCUT2D eigenvalue weighted by Gasteiger charge is -2.09. The van der Waals surface area contributed by atoms with Crippen molar-refractivity contribution in [1.29, 1.82) is 0 Å². The van der Waals surface area contributed by atoms with Crippen LogP contribution in [0, 0.1) is 0 Å². The summed E-state index contributed by atoms with van der Waals surface area (Å²) >= 11 is 5.12. The summed E-state index contributed by atoms with van der Waals surface area (Å²) in [5.41, 5.74) is 0.667. The fourth-order valence-corrected chi connectivity index (χ4v) is 2.72. The number of rotatable bonds is 6. The topological polar surface area (TPSA) is 26.3 Å². The average molecular weight is 317 g/mol. The van der Waals surface area contributed by atoms with Crippen molar-refractivity contribution in [3.8, 4) is 0 Å². The molecule has 1 aromatic rings. The third-order valence-electron chi connectivity index (χ3n) is 2.06. The van der Waals surface area contributed by atoms with E-state index in [4.69, 9.17) is 4.74 Å². The van der Waals surface area contributed by atoms with E-state index in [2.05, 4.69) is 22.9 Å². The summed E-state index contributed by atoms with van der Waals surface area (Å²) in [4.78, 5) is 12.8. The van der Waals surface area contributed by atoms with Crippen LogP contribution in [0.15, 0.2) is 27.6 Å². The Morgan fingerprint density at radius 3 is 2.76 bits per heavy atom. The molecule has 1 aromatic carbocycles. The van der Waals surface area contributed by atoms with Gasteiger partial charge in [0.25, 0.3) is 0 Å². The van der Waals surface area contributed by atoms with Crippen LogP contribution in [-0.4, -0.2) is 18.3 Å². The maximum absolute atomic E-state index is 11.8. The molecule has 0 saturated heterocycles. The summed E-state index contributed by atoms with van der Waals surface area (Å²) in [5.74, 6) is 0.780. The Hall–Kier alpha value is -0.480. The second-order valence-corrected chi connectivity index (χ2v) is 5.68. The summed E-state index contributed by atoms with van der Waals surface area (Å²) in [7, 11) is 0. The minimum atomic E-state index is -0.224. The Morgan fingerprint density at radius 2 is 2.12 bits per heavy atom. The lowest BCUT2D eigenvalue weighted by Crippen LogP contribution is -2.07. The van der Waals surface area contributed by atoms with E-state index in [1.165, 1.54) is 0 Å². The second-order valence-electron chi connectivity index (χ2n) is 3.62. The molecule has 0 radical (unpaired) electrons. The predicted molar refractivity (Wildman–Crippen MR) is 75.7 cm³/mol. The van der Waals surface area contributed by atoms with E-state index >= 15 is 0 Å². The zero-order chi connectivity index (χ0) is 12.7. The standard InChI is InChI=1S/C13H17BrO2S/c1-3-7-16-13(15)11-6-5-10(14)9-12(11)17-8-4-2/h5-6,9H,3-4,7-8H2,1-2H3. The van der Waals surface area contributed by atoms with Gasteiger partial charge in [0.05, 0.1) is 12.2 Å². The first-order chi connectivity index (χ1) is 8.19. The third kappa shape index (κ3) is 4.72. The van der Waals surface area contributed by atoms with Gasteiger partial charge in [0.2, 0.25) is 0 Å². The van der Waals surface area contributed by atoms with Gasteiger partial charge in [-0.1, -0.05) is 29.8 Å². The van der Waals surface area contributed by atoms with Gasteiger partial charge < -0.3 is 4.74 Å². The maximum Gasteiger partial charge on any atom is 0.339 e. The highest BCUT2D eigenvalue weighted by Crippen LogP contribution is 2.27. The molecule has 0 aliphatic heterocycles. The van der Waals surface area contributed by atoms with Crippen LogP contribution in [0.3, 0.4) is 0 Å². The Balaban J connectivity index is 2.84. The molecule has 0 aliphatic rings. The Bertz CT molecular complexity index is 380. The summed E-state index contributed by atoms with van der Waals surface area (Å²) in [6.45, 7) is 4.59. The molecule has 0 atom stereocenters. The normalized spacial score (nSPS) is 10.3. The molecule has 0 heterocycles. The second kappa shape index (κ2) is 7.77. The first-order valence-electron chi connectivity index (χ1n) is 5.78. The lowest BCUT2D eigenvalue weighted by atomic mass is 10.2. The number of thioether (sulfide) groups is 1. The van der Waals surface area contributed by atoms with Gasteiger partial charge in [-0.25, -0.2) is 4.79 Å². The van der Waals surface area contributed by atoms with E-state index in [9.17, 15) is 4.79 Å². The van der Waals surface area contributed by atoms with Gasteiger partial charge >= 0.3 is 5.97 Å². The van der Waals surface area contributed by atoms with Crippen molar-refractivity contribution in [1.82, 2.24) is 0 Å². The molecule has 0 amide bonds. The molecule has 17 heavy (non-hydrogen) atoms. The fraction of sp³-hybridized carbons (Fsp3) is 0.462. The van der Waals surface area contributed by atoms with E-state index in [1.54, 1.807) is 11.8 Å². The van der Waals surface area contributed by atoms with Crippen LogP contribution in [0.1, 0.15) is 37.0 Å². The smallest absolute Gasteiger partial charge is 0.339 e. The van der Waals surface area contributed by atoms with Crippen LogP contribution in [0.25, 0.3) is 0 Å². The highest BCUT2D eigenvalue weighted by molar-refractivity contribution is 9.10. The van der Waals surface area contributed by atoms with Gasteiger partial charge in [-0.15, -0.1) is 11.8 Å². The molecule has 0 N–H and O–H groups in total. The van der Waals surface area contributed by atoms with Crippen LogP contribution in [0.5, 0.6) is 0 Å². The number of esters is 1. The van der Waals surface area contributed by atoms with Crippen LogP contribution >= 0.6 is 27.7 Å². The molecule has 94 valence electrons. The van der Waals surface area contributed by atoms with Crippen molar-refractivity contribution >= 4 is 33.7 Å². The van der Waals surface area contributed by atoms with E-state index in [0.717, 1.165) is 28.0 Å². The van der Waals surface area contributed by atoms with E-state index in [1.807, 2.05) is 25.1 Å². The first kappa shape index (κ1) is 14.6. The molecule has 0 saturated carbocycles. The predicted octanol–water partition coefficient (Wildman–Crippen LogP) is 4.52. The van der Waals surface area contributed by atoms with Crippen molar-refractivity contribution in [3.05, 3.63) is 28.2 Å². The maximum atomic E-state index is 11.8. The molecular weight excluding hydrogens is 300 g/mol. The Morgan fingerprint density at radius 1 is 1.35 bits per heavy atom. The first-order valence-corrected chi connectivity index (χ1v) is 7.56. The summed E-state index contributed by atoms with van der Waals surface area (Å²) in [6, 6.07) is 5.67. The Kier molecular flexibility index (Phi) is 6.66. The summed E-state index contributed by atoms with van der Waals surface area (Å²) in [5, 5.41) is 0. The van der Waals surface area contributed by atoms with Crippen LogP contribution in [0.4, 0.5) is 0 Å². The van der Waals surface area contributed by atoms with Gasteiger partial charge in [0.1, 0.15) is 0 Å². The minimum Gasteiger partial charge on any atom is -0.462 e. The van der Waals surface area contributed by atoms with Gasteiger partial charge in [0.15, 0.2) is 0 Å². The number of ether oxygens (including phenoxy) is 1. The van der Waals surface area contributed by atoms with E-state index < -0.39 is 0 Å². The molecule has 2 nitrogen and oxygen atoms in total. The zero-order valence-corrected chi connectivity index (χ0v) is 12.6. The third-order valence-corrected chi connectivity index (χ3v) is 3.82. The zero-order valence-electron chi connectivity index (χ0n) is 10.2. The quantitative estimate of drug-likeness (QED) is 0.570. The largest absolute Gasteiger partial charge is 0.462 e. The van der Waals surface area contributed by atoms with Crippen molar-refractivity contribution < 1.29 is 9.53 Å². The number of carbonyl (C=O) groups excluding carboxylic acids is 1. The van der Waals surface area contributed by atoms with Gasteiger partial charge in [0, 0.05) is 9.37 Å². The molecule has 0 aliphatic carbocycles. The highest BCUT2D eigenvalue weighted by atomic mass is 79.9. The SMILES string of the molecule is CCCOC(=O)c1ccc(Br)cc1SCCC. The minimum absolute atomic E-state index is 0.224. The van der Waals surface area contributed by atoms with Crippen molar-refractivity contribution in [2.45, 2.75) is 31.6 Å². The number of carbonyl (C=O) groups is 1. The van der Waals surface area contributed by atoms with Gasteiger partial charge in [-0.05, 0) is 36.8 Å². The molecule has 4 heteroatoms. The number of halogens is 1. The number of hydrogen-bond donors (Lipinski definition) is 0. The number of benzene rings is 1. The number of hydrogen-bond acceptors (Lipinski definition) is 3. The average Bonchev–Trinajstić information content (AvgIpc) is 2.33. The van der Waals surface area contributed by atoms with Crippen LogP contribution < -0.4 is 0 Å². The monoisotopic (exact) mass is 316 g/mol. The molecule has 0 bridgehead atoms. The van der Waals surface area contributed by atoms with Crippen LogP contribution in [0.2, 0.25) is 0 Å². The molecule has 0 unspecified atom stereocenters. The van der Waals surface area contributed by atoms with Crippen LogP contribution in [-0.2, 0) is 4.74 Å². The molecule has 0 spiro atoms. The van der Waals surface area contributed by atoms with E-state index in [0.29, 0.717) is 12.2 Å². The van der Waals surface area contributed by atoms with Crippen molar-refractivity contribution in [2.75, 3.05) is 12.4 Å². The highest BCUT2D eigenvalue weighted by Gasteiger charge is 2.13. The van der Waals surface area contributed by atoms with Gasteiger partial charge in [-0.2, -0.15) is 0 Å². The summed E-state index contributed by atoms with van der Waals surface area (Å²) < 4.78 is 6.16. The van der Waals surface area contributed by atoms with Crippen molar-refractivity contribution in [3.63, 3.8) is 0 Å². The fourth-order valence-electron chi connectivity index (χ4n) is 1.27. The Labute approximate surface area is 115 Å².